The number of alkyl carbamates (subject to hydrolysis) is 1. The summed E-state index contributed by atoms with van der Waals surface area (Å²) in [6.07, 6.45) is 3.47. The minimum atomic E-state index is -0.700. The van der Waals surface area contributed by atoms with E-state index in [9.17, 15) is 9.59 Å². The van der Waals surface area contributed by atoms with Crippen LogP contribution in [0.1, 0.15) is 38.7 Å². The summed E-state index contributed by atoms with van der Waals surface area (Å²) in [5.41, 5.74) is 1.09. The predicted molar refractivity (Wildman–Crippen MR) is 98.2 cm³/mol. The van der Waals surface area contributed by atoms with Gasteiger partial charge in [0.1, 0.15) is 12.1 Å². The van der Waals surface area contributed by atoms with Gasteiger partial charge >= 0.3 is 12.1 Å². The summed E-state index contributed by atoms with van der Waals surface area (Å²) in [5.74, 6) is -0.221. The van der Waals surface area contributed by atoms with Gasteiger partial charge in [-0.15, -0.1) is 6.58 Å². The summed E-state index contributed by atoms with van der Waals surface area (Å²) in [4.78, 5) is 24.1. The molecule has 1 aromatic carbocycles. The molecular formula is C20H29NO4. The summed E-state index contributed by atoms with van der Waals surface area (Å²) < 4.78 is 10.3. The summed E-state index contributed by atoms with van der Waals surface area (Å²) >= 11 is 0. The maximum atomic E-state index is 12.3. The zero-order chi connectivity index (χ0) is 18.7. The first-order valence-corrected chi connectivity index (χ1v) is 8.66. The van der Waals surface area contributed by atoms with E-state index in [2.05, 4.69) is 11.9 Å². The fourth-order valence-electron chi connectivity index (χ4n) is 2.54. The SMILES string of the molecule is C=CCCC(Cc1ccccc1)OC(=O)N[C@@H](CC(C)C)C(=O)OC. The van der Waals surface area contributed by atoms with E-state index in [1.54, 1.807) is 6.08 Å². The van der Waals surface area contributed by atoms with Crippen LogP contribution in [0, 0.1) is 5.92 Å². The number of ether oxygens (including phenoxy) is 2. The molecule has 0 fully saturated rings. The highest BCUT2D eigenvalue weighted by molar-refractivity contribution is 5.81. The first kappa shape index (κ1) is 20.7. The molecule has 0 aliphatic rings. The standard InChI is InChI=1S/C20H29NO4/c1-5-6-12-17(14-16-10-8-7-9-11-16)25-20(23)21-18(13-15(2)3)19(22)24-4/h5,7-11,15,17-18H,1,6,12-14H2,2-4H3,(H,21,23)/t17?,18-/m0/s1. The molecule has 0 aliphatic heterocycles. The summed E-state index contributed by atoms with van der Waals surface area (Å²) in [7, 11) is 1.31. The molecule has 0 saturated heterocycles. The third-order valence-electron chi connectivity index (χ3n) is 3.76. The minimum Gasteiger partial charge on any atom is -0.467 e. The lowest BCUT2D eigenvalue weighted by molar-refractivity contribution is -0.143. The van der Waals surface area contributed by atoms with Crippen molar-refractivity contribution < 1.29 is 19.1 Å². The van der Waals surface area contributed by atoms with Gasteiger partial charge in [0, 0.05) is 6.42 Å². The minimum absolute atomic E-state index is 0.241. The van der Waals surface area contributed by atoms with Gasteiger partial charge in [0.2, 0.25) is 0 Å². The molecule has 2 atom stereocenters. The molecule has 0 heterocycles. The molecule has 0 saturated carbocycles. The second-order valence-electron chi connectivity index (χ2n) is 6.43. The average molecular weight is 347 g/mol. The van der Waals surface area contributed by atoms with Crippen LogP contribution in [0.4, 0.5) is 4.79 Å². The summed E-state index contributed by atoms with van der Waals surface area (Å²) in [5, 5.41) is 2.63. The lowest BCUT2D eigenvalue weighted by Gasteiger charge is -2.22. The van der Waals surface area contributed by atoms with Gasteiger partial charge in [0.05, 0.1) is 7.11 Å². The van der Waals surface area contributed by atoms with Crippen molar-refractivity contribution in [3.05, 3.63) is 48.6 Å². The molecule has 0 radical (unpaired) electrons. The molecule has 1 unspecified atom stereocenters. The number of benzene rings is 1. The van der Waals surface area contributed by atoms with E-state index < -0.39 is 18.1 Å². The molecule has 1 N–H and O–H groups in total. The van der Waals surface area contributed by atoms with E-state index in [1.165, 1.54) is 7.11 Å². The van der Waals surface area contributed by atoms with Crippen LogP contribution in [-0.2, 0) is 20.7 Å². The van der Waals surface area contributed by atoms with E-state index in [-0.39, 0.29) is 12.0 Å². The second kappa shape index (κ2) is 11.3. The second-order valence-corrected chi connectivity index (χ2v) is 6.43. The molecule has 0 bridgehead atoms. The average Bonchev–Trinajstić information content (AvgIpc) is 2.58. The van der Waals surface area contributed by atoms with Gasteiger partial charge in [-0.25, -0.2) is 9.59 Å². The number of esters is 1. The lowest BCUT2D eigenvalue weighted by Crippen LogP contribution is -2.43. The Morgan fingerprint density at radius 2 is 1.92 bits per heavy atom. The van der Waals surface area contributed by atoms with Gasteiger partial charge < -0.3 is 14.8 Å². The van der Waals surface area contributed by atoms with E-state index in [4.69, 9.17) is 9.47 Å². The first-order valence-electron chi connectivity index (χ1n) is 8.66. The van der Waals surface area contributed by atoms with Crippen molar-refractivity contribution >= 4 is 12.1 Å². The zero-order valence-electron chi connectivity index (χ0n) is 15.4. The maximum absolute atomic E-state index is 12.3. The molecule has 1 rings (SSSR count). The van der Waals surface area contributed by atoms with E-state index in [1.807, 2.05) is 44.2 Å². The number of nitrogens with one attached hydrogen (secondary N) is 1. The van der Waals surface area contributed by atoms with E-state index in [0.717, 1.165) is 12.0 Å². The highest BCUT2D eigenvalue weighted by Crippen LogP contribution is 2.13. The van der Waals surface area contributed by atoms with Crippen LogP contribution < -0.4 is 5.32 Å². The summed E-state index contributed by atoms with van der Waals surface area (Å²) in [6, 6.07) is 9.15. The Labute approximate surface area is 150 Å². The number of methoxy groups -OCH3 is 1. The molecule has 138 valence electrons. The van der Waals surface area contributed by atoms with Crippen LogP contribution in [0.3, 0.4) is 0 Å². The van der Waals surface area contributed by atoms with Crippen LogP contribution >= 0.6 is 0 Å². The summed E-state index contributed by atoms with van der Waals surface area (Å²) in [6.45, 7) is 7.67. The van der Waals surface area contributed by atoms with Gasteiger partial charge in [-0.2, -0.15) is 0 Å². The molecule has 1 aromatic rings. The number of rotatable bonds is 10. The molecule has 1 amide bonds. The first-order chi connectivity index (χ1) is 12.0. The largest absolute Gasteiger partial charge is 0.467 e. The monoisotopic (exact) mass is 347 g/mol. The quantitative estimate of drug-likeness (QED) is 0.515. The predicted octanol–water partition coefficient (Wildman–Crippen LogP) is 3.88. The number of hydrogen-bond donors (Lipinski definition) is 1. The Kier molecular flexibility index (Phi) is 9.37. The van der Waals surface area contributed by atoms with E-state index >= 15 is 0 Å². The van der Waals surface area contributed by atoms with Gasteiger partial charge in [-0.05, 0) is 30.7 Å². The Hall–Kier alpha value is -2.30. The Balaban J connectivity index is 2.68. The maximum Gasteiger partial charge on any atom is 0.408 e. The van der Waals surface area contributed by atoms with E-state index in [0.29, 0.717) is 19.3 Å². The Morgan fingerprint density at radius 1 is 1.24 bits per heavy atom. The van der Waals surface area contributed by atoms with Gasteiger partial charge in [-0.1, -0.05) is 50.3 Å². The molecule has 0 spiro atoms. The number of amides is 1. The fraction of sp³-hybridized carbons (Fsp3) is 0.500. The van der Waals surface area contributed by atoms with Crippen molar-refractivity contribution in [3.8, 4) is 0 Å². The highest BCUT2D eigenvalue weighted by Gasteiger charge is 2.24. The van der Waals surface area contributed by atoms with Crippen LogP contribution in [0.25, 0.3) is 0 Å². The van der Waals surface area contributed by atoms with Gasteiger partial charge in [0.15, 0.2) is 0 Å². The highest BCUT2D eigenvalue weighted by atomic mass is 16.6. The van der Waals surface area contributed by atoms with Gasteiger partial charge in [-0.3, -0.25) is 0 Å². The third-order valence-corrected chi connectivity index (χ3v) is 3.76. The van der Waals surface area contributed by atoms with Crippen molar-refractivity contribution in [3.63, 3.8) is 0 Å². The van der Waals surface area contributed by atoms with Crippen molar-refractivity contribution in [2.45, 2.75) is 51.7 Å². The molecule has 5 heteroatoms. The zero-order valence-corrected chi connectivity index (χ0v) is 15.4. The molecular weight excluding hydrogens is 318 g/mol. The Bertz CT molecular complexity index is 542. The van der Waals surface area contributed by atoms with Crippen LogP contribution in [0.5, 0.6) is 0 Å². The molecule has 0 aromatic heterocycles. The molecule has 25 heavy (non-hydrogen) atoms. The number of carbonyl (C=O) groups excluding carboxylic acids is 2. The van der Waals surface area contributed by atoms with Crippen molar-refractivity contribution in [2.75, 3.05) is 7.11 Å². The van der Waals surface area contributed by atoms with Crippen LogP contribution in [0.2, 0.25) is 0 Å². The third kappa shape index (κ3) is 8.38. The normalized spacial score (nSPS) is 13.0. The molecule has 0 aliphatic carbocycles. The fourth-order valence-corrected chi connectivity index (χ4v) is 2.54. The van der Waals surface area contributed by atoms with Crippen molar-refractivity contribution in [1.29, 1.82) is 0 Å². The topological polar surface area (TPSA) is 64.6 Å². The van der Waals surface area contributed by atoms with Crippen molar-refractivity contribution in [2.24, 2.45) is 5.92 Å². The van der Waals surface area contributed by atoms with Crippen molar-refractivity contribution in [1.82, 2.24) is 5.32 Å². The smallest absolute Gasteiger partial charge is 0.408 e. The Morgan fingerprint density at radius 3 is 2.48 bits per heavy atom. The van der Waals surface area contributed by atoms with Gasteiger partial charge in [0.25, 0.3) is 0 Å². The lowest BCUT2D eigenvalue weighted by atomic mass is 10.0. The number of carbonyl (C=O) groups is 2. The van der Waals surface area contributed by atoms with Crippen LogP contribution in [-0.4, -0.2) is 31.3 Å². The molecule has 5 nitrogen and oxygen atoms in total. The number of allylic oxidation sites excluding steroid dienone is 1. The number of hydrogen-bond acceptors (Lipinski definition) is 4. The van der Waals surface area contributed by atoms with Crippen LogP contribution in [0.15, 0.2) is 43.0 Å².